The minimum absolute atomic E-state index is 0.477. The van der Waals surface area contributed by atoms with Crippen molar-refractivity contribution in [2.24, 2.45) is 4.99 Å². The molecule has 0 aliphatic carbocycles. The molecular weight excluding hydrogens is 342 g/mol. The number of aryl methyl sites for hydroxylation is 1. The lowest BCUT2D eigenvalue weighted by Crippen LogP contribution is -2.38. The third-order valence-electron chi connectivity index (χ3n) is 4.42. The van der Waals surface area contributed by atoms with Crippen LogP contribution in [0.4, 0.5) is 0 Å². The van der Waals surface area contributed by atoms with Crippen molar-refractivity contribution in [3.8, 4) is 0 Å². The van der Waals surface area contributed by atoms with Crippen molar-refractivity contribution < 1.29 is 0 Å². The number of benzene rings is 1. The molecule has 0 atom stereocenters. The summed E-state index contributed by atoms with van der Waals surface area (Å²) in [6.07, 6.45) is 0.949. The molecule has 0 fully saturated rings. The fraction of sp³-hybridized carbons (Fsp3) is 0.400. The molecule has 2 aromatic heterocycles. The highest BCUT2D eigenvalue weighted by molar-refractivity contribution is 7.09. The normalized spacial score (nSPS) is 12.1. The van der Waals surface area contributed by atoms with Crippen molar-refractivity contribution in [1.82, 2.24) is 20.6 Å². The first kappa shape index (κ1) is 18.5. The molecule has 0 bridgehead atoms. The van der Waals surface area contributed by atoms with E-state index < -0.39 is 0 Å². The van der Waals surface area contributed by atoms with Gasteiger partial charge < -0.3 is 15.6 Å². The van der Waals surface area contributed by atoms with Gasteiger partial charge >= 0.3 is 0 Å². The Hall–Kier alpha value is -2.34. The van der Waals surface area contributed by atoms with Gasteiger partial charge in [0.1, 0.15) is 0 Å². The number of nitrogens with zero attached hydrogens (tertiary/aromatic N) is 2. The highest BCUT2D eigenvalue weighted by Gasteiger charge is 2.09. The van der Waals surface area contributed by atoms with Crippen LogP contribution in [0.25, 0.3) is 10.9 Å². The number of guanidine groups is 1. The maximum atomic E-state index is 4.65. The van der Waals surface area contributed by atoms with Gasteiger partial charge in [-0.05, 0) is 25.0 Å². The van der Waals surface area contributed by atoms with Crippen molar-refractivity contribution in [1.29, 1.82) is 0 Å². The minimum Gasteiger partial charge on any atom is -0.358 e. The molecule has 0 saturated heterocycles. The zero-order valence-electron chi connectivity index (χ0n) is 15.9. The Labute approximate surface area is 159 Å². The van der Waals surface area contributed by atoms with Gasteiger partial charge in [-0.1, -0.05) is 32.0 Å². The van der Waals surface area contributed by atoms with Crippen LogP contribution in [0.3, 0.4) is 0 Å². The standard InChI is InChI=1S/C20H27N5S/c1-13(2)19-25-15(12-26-19)11-23-20(21-4)22-10-9-16-14(3)24-18-8-6-5-7-17(16)18/h5-8,12-13,24H,9-11H2,1-4H3,(H2,21,22,23). The Morgan fingerprint density at radius 2 is 2.08 bits per heavy atom. The predicted octanol–water partition coefficient (Wildman–Crippen LogP) is 3.96. The molecule has 6 heteroatoms. The van der Waals surface area contributed by atoms with E-state index in [1.54, 1.807) is 18.4 Å². The fourth-order valence-electron chi connectivity index (χ4n) is 3.03. The second kappa shape index (κ2) is 8.36. The molecule has 0 aliphatic rings. The Morgan fingerprint density at radius 1 is 1.27 bits per heavy atom. The van der Waals surface area contributed by atoms with E-state index in [2.05, 4.69) is 76.0 Å². The smallest absolute Gasteiger partial charge is 0.191 e. The van der Waals surface area contributed by atoms with Crippen LogP contribution in [0.1, 0.15) is 41.7 Å². The lowest BCUT2D eigenvalue weighted by molar-refractivity contribution is 0.776. The summed E-state index contributed by atoms with van der Waals surface area (Å²) < 4.78 is 0. The maximum absolute atomic E-state index is 4.65. The Balaban J connectivity index is 1.53. The second-order valence-corrected chi connectivity index (χ2v) is 7.60. The molecule has 0 saturated carbocycles. The number of H-pyrrole nitrogens is 1. The number of rotatable bonds is 6. The van der Waals surface area contributed by atoms with Gasteiger partial charge in [-0.3, -0.25) is 4.99 Å². The predicted molar refractivity (Wildman–Crippen MR) is 111 cm³/mol. The van der Waals surface area contributed by atoms with E-state index in [9.17, 15) is 0 Å². The molecule has 1 aromatic carbocycles. The van der Waals surface area contributed by atoms with Crippen LogP contribution in [0, 0.1) is 6.92 Å². The average Bonchev–Trinajstić information content (AvgIpc) is 3.22. The van der Waals surface area contributed by atoms with Crippen molar-refractivity contribution in [2.45, 2.75) is 39.7 Å². The zero-order chi connectivity index (χ0) is 18.5. The number of aliphatic imine (C=N–C) groups is 1. The summed E-state index contributed by atoms with van der Waals surface area (Å²) in [5.41, 5.74) is 4.87. The number of para-hydroxylation sites is 1. The van der Waals surface area contributed by atoms with Crippen molar-refractivity contribution in [3.63, 3.8) is 0 Å². The first-order valence-corrected chi connectivity index (χ1v) is 9.91. The molecule has 3 rings (SSSR count). The first-order valence-electron chi connectivity index (χ1n) is 9.03. The molecule has 0 aliphatic heterocycles. The number of thiazole rings is 1. The average molecular weight is 370 g/mol. The molecule has 26 heavy (non-hydrogen) atoms. The zero-order valence-corrected chi connectivity index (χ0v) is 16.7. The summed E-state index contributed by atoms with van der Waals surface area (Å²) in [4.78, 5) is 12.4. The van der Waals surface area contributed by atoms with Crippen LogP contribution in [0.5, 0.6) is 0 Å². The lowest BCUT2D eigenvalue weighted by atomic mass is 10.1. The largest absolute Gasteiger partial charge is 0.358 e. The SMILES string of the molecule is CN=C(NCCc1c(C)[nH]c2ccccc12)NCc1csc(C(C)C)n1. The van der Waals surface area contributed by atoms with Crippen LogP contribution in [0.15, 0.2) is 34.6 Å². The first-order chi connectivity index (χ1) is 12.6. The van der Waals surface area contributed by atoms with E-state index in [-0.39, 0.29) is 0 Å². The van der Waals surface area contributed by atoms with E-state index in [0.29, 0.717) is 12.5 Å². The van der Waals surface area contributed by atoms with E-state index in [0.717, 1.165) is 24.6 Å². The number of hydrogen-bond acceptors (Lipinski definition) is 3. The molecule has 3 N–H and O–H groups in total. The molecular formula is C20H27N5S. The number of fused-ring (bicyclic) bond motifs is 1. The van der Waals surface area contributed by atoms with Crippen molar-refractivity contribution >= 4 is 28.2 Å². The molecule has 0 radical (unpaired) electrons. The van der Waals surface area contributed by atoms with Crippen LogP contribution in [0.2, 0.25) is 0 Å². The number of hydrogen-bond donors (Lipinski definition) is 3. The van der Waals surface area contributed by atoms with Crippen molar-refractivity contribution in [2.75, 3.05) is 13.6 Å². The Morgan fingerprint density at radius 3 is 2.81 bits per heavy atom. The summed E-state index contributed by atoms with van der Waals surface area (Å²) in [6.45, 7) is 8.00. The summed E-state index contributed by atoms with van der Waals surface area (Å²) in [5.74, 6) is 1.28. The van der Waals surface area contributed by atoms with Gasteiger partial charge in [-0.2, -0.15) is 0 Å². The molecule has 5 nitrogen and oxygen atoms in total. The second-order valence-electron chi connectivity index (χ2n) is 6.71. The van der Waals surface area contributed by atoms with Gasteiger partial charge in [0, 0.05) is 41.5 Å². The Bertz CT molecular complexity index is 891. The number of nitrogens with one attached hydrogen (secondary N) is 3. The van der Waals surface area contributed by atoms with Gasteiger partial charge in [0.05, 0.1) is 17.2 Å². The monoisotopic (exact) mass is 369 g/mol. The van der Waals surface area contributed by atoms with Gasteiger partial charge in [0.15, 0.2) is 5.96 Å². The van der Waals surface area contributed by atoms with Gasteiger partial charge in [-0.25, -0.2) is 4.98 Å². The maximum Gasteiger partial charge on any atom is 0.191 e. The minimum atomic E-state index is 0.477. The molecule has 2 heterocycles. The molecule has 138 valence electrons. The van der Waals surface area contributed by atoms with E-state index >= 15 is 0 Å². The highest BCUT2D eigenvalue weighted by Crippen LogP contribution is 2.22. The third kappa shape index (κ3) is 4.25. The molecule has 0 spiro atoms. The van der Waals surface area contributed by atoms with Gasteiger partial charge in [0.2, 0.25) is 0 Å². The van der Waals surface area contributed by atoms with Gasteiger partial charge in [-0.15, -0.1) is 11.3 Å². The van der Waals surface area contributed by atoms with E-state index in [4.69, 9.17) is 0 Å². The topological polar surface area (TPSA) is 65.1 Å². The van der Waals surface area contributed by atoms with E-state index in [1.165, 1.54) is 27.2 Å². The molecule has 3 aromatic rings. The summed E-state index contributed by atoms with van der Waals surface area (Å²) >= 11 is 1.72. The summed E-state index contributed by atoms with van der Waals surface area (Å²) in [7, 11) is 1.80. The highest BCUT2D eigenvalue weighted by atomic mass is 32.1. The van der Waals surface area contributed by atoms with E-state index in [1.807, 2.05) is 0 Å². The summed E-state index contributed by atoms with van der Waals surface area (Å²) in [5, 5.41) is 11.3. The van der Waals surface area contributed by atoms with Crippen molar-refractivity contribution in [3.05, 3.63) is 51.6 Å². The third-order valence-corrected chi connectivity index (χ3v) is 5.61. The number of aromatic amines is 1. The van der Waals surface area contributed by atoms with Crippen LogP contribution >= 0.6 is 11.3 Å². The number of aromatic nitrogens is 2. The molecule has 0 unspecified atom stereocenters. The summed E-state index contributed by atoms with van der Waals surface area (Å²) in [6, 6.07) is 8.45. The quantitative estimate of drug-likeness (QED) is 0.455. The van der Waals surface area contributed by atoms with Crippen LogP contribution < -0.4 is 10.6 Å². The van der Waals surface area contributed by atoms with Gasteiger partial charge in [0.25, 0.3) is 0 Å². The lowest BCUT2D eigenvalue weighted by Gasteiger charge is -2.11. The Kier molecular flexibility index (Phi) is 5.93. The van der Waals surface area contributed by atoms with Crippen LogP contribution in [-0.4, -0.2) is 29.5 Å². The van der Waals surface area contributed by atoms with Crippen LogP contribution in [-0.2, 0) is 13.0 Å². The molecule has 0 amide bonds. The fourth-order valence-corrected chi connectivity index (χ4v) is 3.86.